The first-order chi connectivity index (χ1) is 7.68. The van der Waals surface area contributed by atoms with Crippen molar-refractivity contribution in [1.29, 1.82) is 0 Å². The SMILES string of the molecule is CC(C)(C)/C(=C\c1ccccn1)N[Si](C)(C)C. The van der Waals surface area contributed by atoms with Gasteiger partial charge >= 0.3 is 0 Å². The first-order valence-electron chi connectivity index (χ1n) is 6.10. The molecule has 94 valence electrons. The first-order valence-corrected chi connectivity index (χ1v) is 9.60. The molecule has 2 nitrogen and oxygen atoms in total. The summed E-state index contributed by atoms with van der Waals surface area (Å²) in [5, 5.41) is 0. The predicted molar refractivity (Wildman–Crippen MR) is 78.2 cm³/mol. The molecule has 1 aromatic rings. The summed E-state index contributed by atoms with van der Waals surface area (Å²) in [7, 11) is -1.33. The number of rotatable bonds is 3. The highest BCUT2D eigenvalue weighted by Crippen LogP contribution is 2.26. The highest BCUT2D eigenvalue weighted by atomic mass is 28.3. The van der Waals surface area contributed by atoms with Crippen LogP contribution in [0.25, 0.3) is 6.08 Å². The molecule has 0 aliphatic carbocycles. The Kier molecular flexibility index (Phi) is 4.15. The Bertz CT molecular complexity index is 383. The molecule has 1 aromatic heterocycles. The average molecular weight is 248 g/mol. The third kappa shape index (κ3) is 5.17. The Morgan fingerprint density at radius 3 is 2.29 bits per heavy atom. The molecule has 1 N–H and O–H groups in total. The number of aromatic nitrogens is 1. The van der Waals surface area contributed by atoms with Gasteiger partial charge < -0.3 is 4.98 Å². The quantitative estimate of drug-likeness (QED) is 0.821. The maximum absolute atomic E-state index is 4.36. The van der Waals surface area contributed by atoms with Gasteiger partial charge in [0.15, 0.2) is 0 Å². The Labute approximate surface area is 106 Å². The van der Waals surface area contributed by atoms with E-state index >= 15 is 0 Å². The highest BCUT2D eigenvalue weighted by Gasteiger charge is 2.23. The summed E-state index contributed by atoms with van der Waals surface area (Å²) < 4.78 is 0. The molecule has 0 saturated carbocycles. The fraction of sp³-hybridized carbons (Fsp3) is 0.500. The van der Waals surface area contributed by atoms with Crippen LogP contribution < -0.4 is 4.98 Å². The third-order valence-corrected chi connectivity index (χ3v) is 3.32. The van der Waals surface area contributed by atoms with Gasteiger partial charge in [-0.05, 0) is 18.2 Å². The van der Waals surface area contributed by atoms with Gasteiger partial charge in [-0.1, -0.05) is 46.5 Å². The molecule has 0 atom stereocenters. The zero-order valence-electron chi connectivity index (χ0n) is 11.8. The number of hydrogen-bond donors (Lipinski definition) is 1. The molecule has 0 fully saturated rings. The van der Waals surface area contributed by atoms with Crippen LogP contribution in [0, 0.1) is 5.41 Å². The summed E-state index contributed by atoms with van der Waals surface area (Å²) >= 11 is 0. The zero-order chi connectivity index (χ0) is 13.1. The molecule has 3 heteroatoms. The number of nitrogens with zero attached hydrogens (tertiary/aromatic N) is 1. The van der Waals surface area contributed by atoms with E-state index in [1.54, 1.807) is 0 Å². The van der Waals surface area contributed by atoms with Crippen LogP contribution in [-0.4, -0.2) is 13.2 Å². The standard InChI is InChI=1S/C14H24N2Si/c1-14(2,3)13(16-17(4,5)6)11-12-9-7-8-10-15-12/h7-11,16H,1-6H3/b13-11+. The van der Waals surface area contributed by atoms with Gasteiger partial charge in [0.25, 0.3) is 0 Å². The van der Waals surface area contributed by atoms with E-state index < -0.39 is 8.24 Å². The fourth-order valence-electron chi connectivity index (χ4n) is 1.45. The maximum Gasteiger partial charge on any atom is 0.144 e. The van der Waals surface area contributed by atoms with Crippen LogP contribution in [0.3, 0.4) is 0 Å². The van der Waals surface area contributed by atoms with Gasteiger partial charge in [-0.2, -0.15) is 0 Å². The number of pyridine rings is 1. The number of allylic oxidation sites excluding steroid dienone is 1. The molecule has 17 heavy (non-hydrogen) atoms. The minimum Gasteiger partial charge on any atom is -0.414 e. The number of hydrogen-bond acceptors (Lipinski definition) is 2. The largest absolute Gasteiger partial charge is 0.414 e. The molecule has 0 unspecified atom stereocenters. The van der Waals surface area contributed by atoms with Crippen molar-refractivity contribution in [3.63, 3.8) is 0 Å². The molecule has 1 rings (SSSR count). The second-order valence-electron chi connectivity index (χ2n) is 6.44. The van der Waals surface area contributed by atoms with Gasteiger partial charge in [0.05, 0.1) is 5.69 Å². The topological polar surface area (TPSA) is 24.9 Å². The van der Waals surface area contributed by atoms with E-state index in [1.165, 1.54) is 5.70 Å². The van der Waals surface area contributed by atoms with Crippen LogP contribution in [0.2, 0.25) is 19.6 Å². The highest BCUT2D eigenvalue weighted by molar-refractivity contribution is 6.74. The third-order valence-electron chi connectivity index (χ3n) is 2.30. The maximum atomic E-state index is 4.36. The Hall–Kier alpha value is -1.09. The van der Waals surface area contributed by atoms with E-state index in [1.807, 2.05) is 24.4 Å². The zero-order valence-corrected chi connectivity index (χ0v) is 12.8. The Morgan fingerprint density at radius 2 is 1.88 bits per heavy atom. The van der Waals surface area contributed by atoms with Crippen LogP contribution in [0.5, 0.6) is 0 Å². The molecule has 0 aliphatic rings. The Morgan fingerprint density at radius 1 is 1.24 bits per heavy atom. The monoisotopic (exact) mass is 248 g/mol. The van der Waals surface area contributed by atoms with E-state index in [4.69, 9.17) is 0 Å². The molecule has 0 bridgehead atoms. The molecule has 1 heterocycles. The van der Waals surface area contributed by atoms with Crippen molar-refractivity contribution in [2.24, 2.45) is 5.41 Å². The lowest BCUT2D eigenvalue weighted by atomic mass is 9.92. The van der Waals surface area contributed by atoms with Gasteiger partial charge in [0.1, 0.15) is 8.24 Å². The summed E-state index contributed by atoms with van der Waals surface area (Å²) in [6.45, 7) is 13.6. The van der Waals surface area contributed by atoms with Crippen LogP contribution in [0.15, 0.2) is 30.1 Å². The molecule has 0 aromatic carbocycles. The van der Waals surface area contributed by atoms with Gasteiger partial charge in [-0.3, -0.25) is 4.98 Å². The molecule has 0 amide bonds. The van der Waals surface area contributed by atoms with Gasteiger partial charge in [0, 0.05) is 17.3 Å². The van der Waals surface area contributed by atoms with Crippen LogP contribution in [-0.2, 0) is 0 Å². The lowest BCUT2D eigenvalue weighted by molar-refractivity contribution is 0.488. The minimum absolute atomic E-state index is 0.123. The molecule has 0 saturated heterocycles. The lowest BCUT2D eigenvalue weighted by Crippen LogP contribution is -2.43. The smallest absolute Gasteiger partial charge is 0.144 e. The van der Waals surface area contributed by atoms with Crippen LogP contribution in [0.1, 0.15) is 26.5 Å². The predicted octanol–water partition coefficient (Wildman–Crippen LogP) is 3.89. The average Bonchev–Trinajstić information content (AvgIpc) is 2.15. The first kappa shape index (κ1) is 14.0. The van der Waals surface area contributed by atoms with E-state index in [-0.39, 0.29) is 5.41 Å². The van der Waals surface area contributed by atoms with E-state index in [9.17, 15) is 0 Å². The van der Waals surface area contributed by atoms with Crippen molar-refractivity contribution < 1.29 is 0 Å². The van der Waals surface area contributed by atoms with E-state index in [0.29, 0.717) is 0 Å². The van der Waals surface area contributed by atoms with Gasteiger partial charge in [-0.15, -0.1) is 0 Å². The molecule has 0 spiro atoms. The van der Waals surface area contributed by atoms with Crippen molar-refractivity contribution in [2.45, 2.75) is 40.4 Å². The molecular weight excluding hydrogens is 224 g/mol. The van der Waals surface area contributed by atoms with E-state index in [2.05, 4.69) is 56.5 Å². The molecule has 0 aliphatic heterocycles. The summed E-state index contributed by atoms with van der Waals surface area (Å²) in [6, 6.07) is 6.01. The summed E-state index contributed by atoms with van der Waals surface area (Å²) in [6.07, 6.45) is 4.00. The van der Waals surface area contributed by atoms with Gasteiger partial charge in [-0.25, -0.2) is 0 Å². The minimum atomic E-state index is -1.33. The second-order valence-corrected chi connectivity index (χ2v) is 11.2. The van der Waals surface area contributed by atoms with Crippen LogP contribution >= 0.6 is 0 Å². The second kappa shape index (κ2) is 5.04. The van der Waals surface area contributed by atoms with Crippen molar-refractivity contribution >= 4 is 14.3 Å². The summed E-state index contributed by atoms with van der Waals surface area (Å²) in [5.74, 6) is 0. The summed E-state index contributed by atoms with van der Waals surface area (Å²) in [4.78, 5) is 8.07. The van der Waals surface area contributed by atoms with Crippen molar-refractivity contribution in [3.8, 4) is 0 Å². The van der Waals surface area contributed by atoms with Gasteiger partial charge in [0.2, 0.25) is 0 Å². The molecule has 0 radical (unpaired) electrons. The van der Waals surface area contributed by atoms with Crippen LogP contribution in [0.4, 0.5) is 0 Å². The fourth-order valence-corrected chi connectivity index (χ4v) is 2.71. The van der Waals surface area contributed by atoms with Crippen molar-refractivity contribution in [2.75, 3.05) is 0 Å². The van der Waals surface area contributed by atoms with Crippen molar-refractivity contribution in [3.05, 3.63) is 35.8 Å². The summed E-state index contributed by atoms with van der Waals surface area (Å²) in [5.41, 5.74) is 2.41. The molecular formula is C14H24N2Si. The Balaban J connectivity index is 3.04. The number of nitrogens with one attached hydrogen (secondary N) is 1. The normalized spacial score (nSPS) is 13.6. The van der Waals surface area contributed by atoms with Crippen molar-refractivity contribution in [1.82, 2.24) is 9.97 Å². The van der Waals surface area contributed by atoms with E-state index in [0.717, 1.165) is 5.69 Å². The lowest BCUT2D eigenvalue weighted by Gasteiger charge is -2.31.